The van der Waals surface area contributed by atoms with Crippen molar-refractivity contribution in [3.8, 4) is 0 Å². The fourth-order valence-corrected chi connectivity index (χ4v) is 3.20. The SMILES string of the molecule is Nc1cccc2c1CN(c1nc3c(Br)cccn3n1)CC2. The van der Waals surface area contributed by atoms with Crippen molar-refractivity contribution in [1.82, 2.24) is 14.6 Å². The maximum absolute atomic E-state index is 6.10. The van der Waals surface area contributed by atoms with Gasteiger partial charge in [-0.25, -0.2) is 4.52 Å². The monoisotopic (exact) mass is 343 g/mol. The molecule has 6 heteroatoms. The maximum atomic E-state index is 6.10. The predicted octanol–water partition coefficient (Wildman–Crippen LogP) is 2.64. The molecule has 2 aromatic heterocycles. The second-order valence-corrected chi connectivity index (χ2v) is 6.05. The van der Waals surface area contributed by atoms with E-state index in [2.05, 4.69) is 37.0 Å². The summed E-state index contributed by atoms with van der Waals surface area (Å²) < 4.78 is 2.74. The minimum Gasteiger partial charge on any atom is -0.398 e. The number of nitrogen functional groups attached to an aromatic ring is 1. The summed E-state index contributed by atoms with van der Waals surface area (Å²) in [5, 5.41) is 4.56. The molecular formula is C15H14BrN5. The van der Waals surface area contributed by atoms with Gasteiger partial charge in [-0.15, -0.1) is 5.10 Å². The van der Waals surface area contributed by atoms with Gasteiger partial charge in [-0.05, 0) is 51.7 Å². The van der Waals surface area contributed by atoms with Crippen LogP contribution in [0.5, 0.6) is 0 Å². The van der Waals surface area contributed by atoms with E-state index in [4.69, 9.17) is 5.73 Å². The maximum Gasteiger partial charge on any atom is 0.246 e. The number of nitrogens with zero attached hydrogens (tertiary/aromatic N) is 4. The summed E-state index contributed by atoms with van der Waals surface area (Å²) >= 11 is 3.51. The molecule has 0 spiro atoms. The van der Waals surface area contributed by atoms with Crippen LogP contribution in [-0.2, 0) is 13.0 Å². The molecule has 3 aromatic rings. The number of aromatic nitrogens is 3. The predicted molar refractivity (Wildman–Crippen MR) is 86.3 cm³/mol. The van der Waals surface area contributed by atoms with Gasteiger partial charge in [0, 0.05) is 25.0 Å². The van der Waals surface area contributed by atoms with Crippen LogP contribution in [0.3, 0.4) is 0 Å². The molecule has 1 aromatic carbocycles. The van der Waals surface area contributed by atoms with E-state index in [-0.39, 0.29) is 0 Å². The van der Waals surface area contributed by atoms with Crippen molar-refractivity contribution in [2.45, 2.75) is 13.0 Å². The Hall–Kier alpha value is -2.08. The van der Waals surface area contributed by atoms with E-state index in [9.17, 15) is 0 Å². The van der Waals surface area contributed by atoms with Gasteiger partial charge in [0.25, 0.3) is 0 Å². The van der Waals surface area contributed by atoms with Gasteiger partial charge in [0.1, 0.15) is 0 Å². The molecule has 3 heterocycles. The zero-order chi connectivity index (χ0) is 14.4. The lowest BCUT2D eigenvalue weighted by Crippen LogP contribution is -2.31. The lowest BCUT2D eigenvalue weighted by Gasteiger charge is -2.28. The highest BCUT2D eigenvalue weighted by molar-refractivity contribution is 9.10. The standard InChI is InChI=1S/C15H14BrN5/c16-12-4-2-7-21-14(12)18-15(19-21)20-8-6-10-3-1-5-13(17)11(10)9-20/h1-5,7H,6,8-9,17H2. The lowest BCUT2D eigenvalue weighted by atomic mass is 9.98. The molecule has 0 bridgehead atoms. The number of hydrogen-bond donors (Lipinski definition) is 1. The van der Waals surface area contributed by atoms with Gasteiger partial charge >= 0.3 is 0 Å². The molecule has 0 saturated heterocycles. The molecule has 0 radical (unpaired) electrons. The highest BCUT2D eigenvalue weighted by Gasteiger charge is 2.21. The Morgan fingerprint density at radius 3 is 2.95 bits per heavy atom. The number of pyridine rings is 1. The van der Waals surface area contributed by atoms with Crippen molar-refractivity contribution < 1.29 is 0 Å². The van der Waals surface area contributed by atoms with Crippen LogP contribution in [0.15, 0.2) is 41.0 Å². The second-order valence-electron chi connectivity index (χ2n) is 5.19. The summed E-state index contributed by atoms with van der Waals surface area (Å²) in [7, 11) is 0. The van der Waals surface area contributed by atoms with Crippen LogP contribution < -0.4 is 10.6 Å². The first-order chi connectivity index (χ1) is 10.2. The van der Waals surface area contributed by atoms with Gasteiger partial charge in [-0.1, -0.05) is 12.1 Å². The Labute approximate surface area is 130 Å². The van der Waals surface area contributed by atoms with Crippen LogP contribution >= 0.6 is 15.9 Å². The Bertz CT molecular complexity index is 826. The zero-order valence-corrected chi connectivity index (χ0v) is 12.9. The normalized spacial score (nSPS) is 14.4. The first-order valence-corrected chi connectivity index (χ1v) is 7.64. The van der Waals surface area contributed by atoms with Crippen molar-refractivity contribution in [3.63, 3.8) is 0 Å². The largest absolute Gasteiger partial charge is 0.398 e. The summed E-state index contributed by atoms with van der Waals surface area (Å²) in [6.07, 6.45) is 2.87. The fraction of sp³-hybridized carbons (Fsp3) is 0.200. The first kappa shape index (κ1) is 12.6. The van der Waals surface area contributed by atoms with Crippen LogP contribution in [0, 0.1) is 0 Å². The van der Waals surface area contributed by atoms with Gasteiger partial charge in [0.15, 0.2) is 5.65 Å². The number of fused-ring (bicyclic) bond motifs is 2. The summed E-state index contributed by atoms with van der Waals surface area (Å²) in [6, 6.07) is 10.0. The van der Waals surface area contributed by atoms with Crippen LogP contribution in [-0.4, -0.2) is 21.1 Å². The fourth-order valence-electron chi connectivity index (χ4n) is 2.77. The molecule has 0 aliphatic carbocycles. The molecule has 21 heavy (non-hydrogen) atoms. The molecule has 4 rings (SSSR count). The number of benzene rings is 1. The molecule has 106 valence electrons. The van der Waals surface area contributed by atoms with Gasteiger partial charge < -0.3 is 10.6 Å². The number of nitrogens with two attached hydrogens (primary N) is 1. The third kappa shape index (κ3) is 2.06. The minimum absolute atomic E-state index is 0.746. The first-order valence-electron chi connectivity index (χ1n) is 6.84. The van der Waals surface area contributed by atoms with Gasteiger partial charge in [-0.3, -0.25) is 0 Å². The minimum atomic E-state index is 0.746. The molecular weight excluding hydrogens is 330 g/mol. The molecule has 1 aliphatic rings. The quantitative estimate of drug-likeness (QED) is 0.690. The third-order valence-corrected chi connectivity index (χ3v) is 4.51. The van der Waals surface area contributed by atoms with Crippen molar-refractivity contribution in [2.24, 2.45) is 0 Å². The second kappa shape index (κ2) is 4.73. The van der Waals surface area contributed by atoms with Crippen LogP contribution in [0.4, 0.5) is 11.6 Å². The third-order valence-electron chi connectivity index (χ3n) is 3.90. The van der Waals surface area contributed by atoms with Crippen molar-refractivity contribution in [1.29, 1.82) is 0 Å². The molecule has 2 N–H and O–H groups in total. The summed E-state index contributed by atoms with van der Waals surface area (Å²) in [5.41, 5.74) is 10.3. The van der Waals surface area contributed by atoms with E-state index in [0.717, 1.165) is 41.3 Å². The van der Waals surface area contributed by atoms with Crippen LogP contribution in [0.2, 0.25) is 0 Å². The molecule has 0 unspecified atom stereocenters. The Morgan fingerprint density at radius 2 is 2.10 bits per heavy atom. The molecule has 0 atom stereocenters. The Balaban J connectivity index is 1.74. The smallest absolute Gasteiger partial charge is 0.246 e. The van der Waals surface area contributed by atoms with E-state index in [1.54, 1.807) is 4.52 Å². The van der Waals surface area contributed by atoms with E-state index in [1.807, 2.05) is 30.5 Å². The van der Waals surface area contributed by atoms with Crippen LogP contribution in [0.1, 0.15) is 11.1 Å². The number of anilines is 2. The summed E-state index contributed by atoms with van der Waals surface area (Å²) in [6.45, 7) is 1.67. The van der Waals surface area contributed by atoms with E-state index < -0.39 is 0 Å². The number of halogens is 1. The topological polar surface area (TPSA) is 59.5 Å². The van der Waals surface area contributed by atoms with Crippen molar-refractivity contribution >= 4 is 33.2 Å². The van der Waals surface area contributed by atoms with Gasteiger partial charge in [0.2, 0.25) is 5.95 Å². The molecule has 0 fully saturated rings. The Morgan fingerprint density at radius 1 is 1.19 bits per heavy atom. The van der Waals surface area contributed by atoms with E-state index >= 15 is 0 Å². The van der Waals surface area contributed by atoms with Crippen LogP contribution in [0.25, 0.3) is 5.65 Å². The zero-order valence-electron chi connectivity index (χ0n) is 11.3. The average Bonchev–Trinajstić information content (AvgIpc) is 2.93. The molecule has 0 saturated carbocycles. The number of hydrogen-bond acceptors (Lipinski definition) is 4. The highest BCUT2D eigenvalue weighted by Crippen LogP contribution is 2.27. The van der Waals surface area contributed by atoms with E-state index in [0.29, 0.717) is 0 Å². The summed E-state index contributed by atoms with van der Waals surface area (Å²) in [5.74, 6) is 0.746. The average molecular weight is 344 g/mol. The van der Waals surface area contributed by atoms with Gasteiger partial charge in [-0.2, -0.15) is 4.98 Å². The lowest BCUT2D eigenvalue weighted by molar-refractivity contribution is 0.708. The summed E-state index contributed by atoms with van der Waals surface area (Å²) in [4.78, 5) is 6.81. The number of rotatable bonds is 1. The molecule has 1 aliphatic heterocycles. The van der Waals surface area contributed by atoms with Gasteiger partial charge in [0.05, 0.1) is 4.47 Å². The van der Waals surface area contributed by atoms with Crippen molar-refractivity contribution in [2.75, 3.05) is 17.2 Å². The Kier molecular flexibility index (Phi) is 2.85. The molecule has 0 amide bonds. The van der Waals surface area contributed by atoms with Crippen molar-refractivity contribution in [3.05, 3.63) is 52.1 Å². The highest BCUT2D eigenvalue weighted by atomic mass is 79.9. The van der Waals surface area contributed by atoms with E-state index in [1.165, 1.54) is 11.1 Å². The molecule has 5 nitrogen and oxygen atoms in total.